The summed E-state index contributed by atoms with van der Waals surface area (Å²) in [6.45, 7) is 0.891. The molecule has 31 heavy (non-hydrogen) atoms. The predicted octanol–water partition coefficient (Wildman–Crippen LogP) is 1.55. The fourth-order valence-corrected chi connectivity index (χ4v) is 4.24. The molecule has 2 heterocycles. The fourth-order valence-electron chi connectivity index (χ4n) is 4.24. The van der Waals surface area contributed by atoms with Crippen LogP contribution in [0.15, 0.2) is 18.2 Å². The van der Waals surface area contributed by atoms with Crippen LogP contribution in [-0.4, -0.2) is 53.4 Å². The Kier molecular flexibility index (Phi) is 6.50. The van der Waals surface area contributed by atoms with Gasteiger partial charge in [0, 0.05) is 31.5 Å². The van der Waals surface area contributed by atoms with Gasteiger partial charge in [0.15, 0.2) is 6.61 Å². The topological polar surface area (TPSA) is 112 Å². The van der Waals surface area contributed by atoms with Crippen LogP contribution in [0.1, 0.15) is 50.1 Å². The Hall–Kier alpha value is -2.94. The Morgan fingerprint density at radius 2 is 2.06 bits per heavy atom. The number of ether oxygens (including phenoxy) is 2. The van der Waals surface area contributed by atoms with Crippen LogP contribution in [0.5, 0.6) is 5.75 Å². The second-order valence-corrected chi connectivity index (χ2v) is 8.11. The van der Waals surface area contributed by atoms with E-state index in [0.717, 1.165) is 23.7 Å². The average Bonchev–Trinajstić information content (AvgIpc) is 3.38. The van der Waals surface area contributed by atoms with Crippen LogP contribution >= 0.6 is 0 Å². The highest BCUT2D eigenvalue weighted by Crippen LogP contribution is 2.31. The lowest BCUT2D eigenvalue weighted by Crippen LogP contribution is -2.39. The minimum absolute atomic E-state index is 0.0905. The van der Waals surface area contributed by atoms with Crippen LogP contribution in [-0.2, 0) is 26.2 Å². The molecule has 2 aliphatic rings. The number of nitrogens with one attached hydrogen (secondary N) is 2. The van der Waals surface area contributed by atoms with E-state index in [2.05, 4.69) is 15.7 Å². The number of aromatic nitrogens is 2. The first-order valence-electron chi connectivity index (χ1n) is 10.8. The zero-order chi connectivity index (χ0) is 21.8. The summed E-state index contributed by atoms with van der Waals surface area (Å²) in [5, 5.41) is 10.5. The molecule has 1 aromatic carbocycles. The maximum atomic E-state index is 12.2. The molecule has 9 nitrogen and oxygen atoms in total. The van der Waals surface area contributed by atoms with Crippen LogP contribution in [0.25, 0.3) is 10.9 Å². The predicted molar refractivity (Wildman–Crippen MR) is 113 cm³/mol. The molecule has 0 spiro atoms. The van der Waals surface area contributed by atoms with E-state index >= 15 is 0 Å². The van der Waals surface area contributed by atoms with Crippen molar-refractivity contribution in [3.63, 3.8) is 0 Å². The maximum Gasteiger partial charge on any atom is 0.258 e. The summed E-state index contributed by atoms with van der Waals surface area (Å²) in [6, 6.07) is 5.40. The summed E-state index contributed by atoms with van der Waals surface area (Å²) in [6.07, 6.45) is 5.75. The third-order valence-corrected chi connectivity index (χ3v) is 5.87. The first kappa shape index (κ1) is 21.3. The highest BCUT2D eigenvalue weighted by Gasteiger charge is 2.31. The van der Waals surface area contributed by atoms with E-state index in [1.807, 2.05) is 6.07 Å². The molecule has 166 valence electrons. The minimum atomic E-state index is -0.453. The second-order valence-electron chi connectivity index (χ2n) is 8.11. The Morgan fingerprint density at radius 3 is 2.84 bits per heavy atom. The summed E-state index contributed by atoms with van der Waals surface area (Å²) < 4.78 is 13.0. The van der Waals surface area contributed by atoms with Crippen LogP contribution < -0.4 is 15.4 Å². The number of nitrogens with zero attached hydrogens (tertiary/aromatic N) is 2. The van der Waals surface area contributed by atoms with Crippen LogP contribution in [0.4, 0.5) is 0 Å². The Labute approximate surface area is 180 Å². The van der Waals surface area contributed by atoms with Crippen molar-refractivity contribution < 1.29 is 23.9 Å². The van der Waals surface area contributed by atoms with Crippen LogP contribution in [0.3, 0.4) is 0 Å². The molecule has 1 aliphatic carbocycles. The molecular weight excluding hydrogens is 400 g/mol. The maximum absolute atomic E-state index is 12.2. The van der Waals surface area contributed by atoms with Gasteiger partial charge in [0.1, 0.15) is 5.75 Å². The van der Waals surface area contributed by atoms with Crippen LogP contribution in [0, 0.1) is 0 Å². The Bertz CT molecular complexity index is 980. The summed E-state index contributed by atoms with van der Waals surface area (Å²) in [5.74, 6) is -0.678. The smallest absolute Gasteiger partial charge is 0.258 e. The number of fused-ring (bicyclic) bond motifs is 1. The monoisotopic (exact) mass is 428 g/mol. The molecule has 9 heteroatoms. The standard InChI is InChI=1S/C22H28N4O5/c1-26-18-12-15(31-13-20(28)23-10-11-30-14-4-2-3-5-14)6-7-16(18)21(25-26)17-8-9-19(27)24-22(17)29/h6-7,12,14,17H,2-5,8-11,13H2,1H3,(H,23,28)(H,24,27,29). The second kappa shape index (κ2) is 9.47. The van der Waals surface area contributed by atoms with E-state index < -0.39 is 5.92 Å². The molecule has 3 amide bonds. The molecule has 1 saturated carbocycles. The van der Waals surface area contributed by atoms with Gasteiger partial charge in [0.2, 0.25) is 11.8 Å². The lowest BCUT2D eigenvalue weighted by Gasteiger charge is -2.19. The highest BCUT2D eigenvalue weighted by atomic mass is 16.5. The van der Waals surface area contributed by atoms with Gasteiger partial charge >= 0.3 is 0 Å². The molecule has 1 unspecified atom stereocenters. The van der Waals surface area contributed by atoms with E-state index in [1.54, 1.807) is 23.9 Å². The largest absolute Gasteiger partial charge is 0.484 e. The van der Waals surface area contributed by atoms with E-state index in [0.29, 0.717) is 43.5 Å². The quantitative estimate of drug-likeness (QED) is 0.487. The van der Waals surface area contributed by atoms with E-state index in [1.165, 1.54) is 12.8 Å². The van der Waals surface area contributed by atoms with Crippen molar-refractivity contribution in [3.8, 4) is 5.75 Å². The molecule has 1 saturated heterocycles. The van der Waals surface area contributed by atoms with Crippen molar-refractivity contribution in [2.45, 2.75) is 50.5 Å². The highest BCUT2D eigenvalue weighted by molar-refractivity contribution is 6.02. The number of benzene rings is 1. The number of imide groups is 1. The first-order chi connectivity index (χ1) is 15.0. The van der Waals surface area contributed by atoms with Gasteiger partial charge in [0.05, 0.1) is 29.8 Å². The number of aryl methyl sites for hydroxylation is 1. The van der Waals surface area contributed by atoms with Gasteiger partial charge in [-0.05, 0) is 31.4 Å². The van der Waals surface area contributed by atoms with Crippen molar-refractivity contribution in [1.29, 1.82) is 0 Å². The third kappa shape index (κ3) is 5.04. The number of rotatable bonds is 8. The van der Waals surface area contributed by atoms with E-state index in [4.69, 9.17) is 9.47 Å². The molecule has 0 radical (unpaired) electrons. The van der Waals surface area contributed by atoms with E-state index in [9.17, 15) is 14.4 Å². The van der Waals surface area contributed by atoms with Gasteiger partial charge in [-0.25, -0.2) is 0 Å². The number of amides is 3. The van der Waals surface area contributed by atoms with Gasteiger partial charge in [-0.3, -0.25) is 24.4 Å². The molecule has 0 bridgehead atoms. The molecule has 1 aromatic heterocycles. The van der Waals surface area contributed by atoms with Crippen molar-refractivity contribution in [2.24, 2.45) is 7.05 Å². The van der Waals surface area contributed by atoms with E-state index in [-0.39, 0.29) is 24.3 Å². The van der Waals surface area contributed by atoms with Gasteiger partial charge in [-0.2, -0.15) is 5.10 Å². The van der Waals surface area contributed by atoms with Gasteiger partial charge < -0.3 is 14.8 Å². The lowest BCUT2D eigenvalue weighted by atomic mass is 9.93. The zero-order valence-electron chi connectivity index (χ0n) is 17.7. The van der Waals surface area contributed by atoms with Gasteiger partial charge in [0.25, 0.3) is 5.91 Å². The molecule has 2 N–H and O–H groups in total. The normalized spacial score (nSPS) is 19.6. The number of hydrogen-bond donors (Lipinski definition) is 2. The van der Waals surface area contributed by atoms with Crippen LogP contribution in [0.2, 0.25) is 0 Å². The Balaban J connectivity index is 1.32. The number of carbonyl (C=O) groups excluding carboxylic acids is 3. The Morgan fingerprint density at radius 1 is 1.26 bits per heavy atom. The lowest BCUT2D eigenvalue weighted by molar-refractivity contribution is -0.134. The third-order valence-electron chi connectivity index (χ3n) is 5.87. The molecular formula is C22H28N4O5. The molecule has 1 atom stereocenters. The molecule has 1 aliphatic heterocycles. The fraction of sp³-hybridized carbons (Fsp3) is 0.545. The first-order valence-corrected chi connectivity index (χ1v) is 10.8. The van der Waals surface area contributed by atoms with Crippen molar-refractivity contribution in [2.75, 3.05) is 19.8 Å². The number of carbonyl (C=O) groups is 3. The minimum Gasteiger partial charge on any atom is -0.484 e. The molecule has 2 fully saturated rings. The summed E-state index contributed by atoms with van der Waals surface area (Å²) in [7, 11) is 1.79. The van der Waals surface area contributed by atoms with Gasteiger partial charge in [-0.15, -0.1) is 0 Å². The van der Waals surface area contributed by atoms with Crippen molar-refractivity contribution >= 4 is 28.6 Å². The summed E-state index contributed by atoms with van der Waals surface area (Å²) in [5.41, 5.74) is 1.44. The number of hydrogen-bond acceptors (Lipinski definition) is 6. The van der Waals surface area contributed by atoms with Gasteiger partial charge in [-0.1, -0.05) is 12.8 Å². The van der Waals surface area contributed by atoms with Crippen molar-refractivity contribution in [1.82, 2.24) is 20.4 Å². The number of piperidine rings is 1. The molecule has 4 rings (SSSR count). The zero-order valence-corrected chi connectivity index (χ0v) is 17.7. The molecule has 2 aromatic rings. The summed E-state index contributed by atoms with van der Waals surface area (Å²) >= 11 is 0. The van der Waals surface area contributed by atoms with Crippen molar-refractivity contribution in [3.05, 3.63) is 23.9 Å². The average molecular weight is 428 g/mol. The SMILES string of the molecule is Cn1nc(C2CCC(=O)NC2=O)c2ccc(OCC(=O)NCCOC3CCCC3)cc21. The summed E-state index contributed by atoms with van der Waals surface area (Å²) in [4.78, 5) is 35.7.